The van der Waals surface area contributed by atoms with Crippen LogP contribution in [0.25, 0.3) is 0 Å². The fraction of sp³-hybridized carbons (Fsp3) is 0.0909. The molecule has 0 spiro atoms. The van der Waals surface area contributed by atoms with Gasteiger partial charge in [-0.3, -0.25) is 4.79 Å². The first-order valence-corrected chi connectivity index (χ1v) is 7.84. The van der Waals surface area contributed by atoms with E-state index in [2.05, 4.69) is 9.71 Å². The Morgan fingerprint density at radius 2 is 2.15 bits per heavy atom. The lowest BCUT2D eigenvalue weighted by molar-refractivity contribution is 0.1000. The highest BCUT2D eigenvalue weighted by atomic mass is 32.2. The van der Waals surface area contributed by atoms with E-state index in [1.165, 1.54) is 29.5 Å². The van der Waals surface area contributed by atoms with Gasteiger partial charge in [0, 0.05) is 17.1 Å². The van der Waals surface area contributed by atoms with Crippen molar-refractivity contribution < 1.29 is 13.2 Å². The molecule has 5 N–H and O–H groups in total. The number of rotatable bonds is 5. The van der Waals surface area contributed by atoms with Gasteiger partial charge in [0.1, 0.15) is 9.90 Å². The molecule has 0 atom stereocenters. The summed E-state index contributed by atoms with van der Waals surface area (Å²) in [4.78, 5) is 14.9. The minimum Gasteiger partial charge on any atom is -0.398 e. The van der Waals surface area contributed by atoms with Gasteiger partial charge in [-0.15, -0.1) is 11.3 Å². The molecule has 2 aromatic rings. The molecule has 106 valence electrons. The average Bonchev–Trinajstić information content (AvgIpc) is 2.89. The first-order valence-electron chi connectivity index (χ1n) is 5.47. The monoisotopic (exact) mass is 312 g/mol. The summed E-state index contributed by atoms with van der Waals surface area (Å²) in [5.41, 5.74) is 10.9. The molecule has 20 heavy (non-hydrogen) atoms. The molecular weight excluding hydrogens is 300 g/mol. The van der Waals surface area contributed by atoms with E-state index in [9.17, 15) is 13.2 Å². The van der Waals surface area contributed by atoms with Gasteiger partial charge in [0.05, 0.1) is 12.2 Å². The SMILES string of the molecule is NC(=O)c1ccc(S(=O)(=O)NCc2nccs2)c(N)c1. The van der Waals surface area contributed by atoms with Gasteiger partial charge in [0.15, 0.2) is 0 Å². The lowest BCUT2D eigenvalue weighted by Crippen LogP contribution is -2.24. The van der Waals surface area contributed by atoms with Crippen LogP contribution in [0, 0.1) is 0 Å². The molecule has 1 heterocycles. The maximum Gasteiger partial charge on any atom is 0.248 e. The van der Waals surface area contributed by atoms with Crippen molar-refractivity contribution in [1.29, 1.82) is 0 Å². The predicted octanol–water partition coefficient (Wildman–Crippen LogP) is 0.303. The fourth-order valence-corrected chi connectivity index (χ4v) is 3.27. The molecule has 9 heteroatoms. The Morgan fingerprint density at radius 1 is 1.40 bits per heavy atom. The molecule has 0 fully saturated rings. The van der Waals surface area contributed by atoms with Gasteiger partial charge in [-0.05, 0) is 18.2 Å². The number of nitrogens with one attached hydrogen (secondary N) is 1. The van der Waals surface area contributed by atoms with Crippen LogP contribution in [0.4, 0.5) is 5.69 Å². The second-order valence-electron chi connectivity index (χ2n) is 3.87. The summed E-state index contributed by atoms with van der Waals surface area (Å²) in [5, 5.41) is 2.39. The molecule has 0 aliphatic heterocycles. The Morgan fingerprint density at radius 3 is 2.70 bits per heavy atom. The summed E-state index contributed by atoms with van der Waals surface area (Å²) < 4.78 is 26.6. The normalized spacial score (nSPS) is 11.4. The molecule has 0 unspecified atom stereocenters. The highest BCUT2D eigenvalue weighted by Gasteiger charge is 2.18. The highest BCUT2D eigenvalue weighted by molar-refractivity contribution is 7.89. The first kappa shape index (κ1) is 14.4. The third-order valence-electron chi connectivity index (χ3n) is 2.48. The summed E-state index contributed by atoms with van der Waals surface area (Å²) in [6.07, 6.45) is 1.59. The first-order chi connectivity index (χ1) is 9.40. The maximum absolute atomic E-state index is 12.1. The Balaban J connectivity index is 2.23. The number of aromatic nitrogens is 1. The molecule has 0 saturated heterocycles. The number of hydrogen-bond donors (Lipinski definition) is 3. The number of amides is 1. The Bertz CT molecular complexity index is 726. The molecule has 0 aliphatic carbocycles. The number of carbonyl (C=O) groups excluding carboxylic acids is 1. The van der Waals surface area contributed by atoms with Crippen molar-refractivity contribution >= 4 is 33.0 Å². The van der Waals surface area contributed by atoms with Crippen molar-refractivity contribution in [3.8, 4) is 0 Å². The van der Waals surface area contributed by atoms with Crippen LogP contribution in [0.5, 0.6) is 0 Å². The van der Waals surface area contributed by atoms with Crippen molar-refractivity contribution in [2.24, 2.45) is 5.73 Å². The lowest BCUT2D eigenvalue weighted by Gasteiger charge is -2.09. The van der Waals surface area contributed by atoms with E-state index in [0.717, 1.165) is 0 Å². The van der Waals surface area contributed by atoms with Gasteiger partial charge < -0.3 is 11.5 Å². The van der Waals surface area contributed by atoms with Gasteiger partial charge in [-0.2, -0.15) is 0 Å². The summed E-state index contributed by atoms with van der Waals surface area (Å²) in [6, 6.07) is 3.80. The van der Waals surface area contributed by atoms with Gasteiger partial charge in [-0.25, -0.2) is 18.1 Å². The summed E-state index contributed by atoms with van der Waals surface area (Å²) in [6.45, 7) is 0.0804. The van der Waals surface area contributed by atoms with Crippen LogP contribution >= 0.6 is 11.3 Å². The highest BCUT2D eigenvalue weighted by Crippen LogP contribution is 2.20. The van der Waals surface area contributed by atoms with Crippen molar-refractivity contribution in [1.82, 2.24) is 9.71 Å². The second-order valence-corrected chi connectivity index (χ2v) is 6.58. The minimum atomic E-state index is -3.77. The Labute approximate surface area is 119 Å². The van der Waals surface area contributed by atoms with Crippen LogP contribution in [-0.4, -0.2) is 19.3 Å². The minimum absolute atomic E-state index is 0.0343. The van der Waals surface area contributed by atoms with E-state index in [-0.39, 0.29) is 22.7 Å². The number of nitrogens with two attached hydrogens (primary N) is 2. The van der Waals surface area contributed by atoms with Crippen molar-refractivity contribution in [2.45, 2.75) is 11.4 Å². The maximum atomic E-state index is 12.1. The summed E-state index contributed by atoms with van der Waals surface area (Å²) in [7, 11) is -3.77. The number of nitrogens with zero attached hydrogens (tertiary/aromatic N) is 1. The van der Waals surface area contributed by atoms with Gasteiger partial charge in [-0.1, -0.05) is 0 Å². The quantitative estimate of drug-likeness (QED) is 0.684. The molecule has 0 bridgehead atoms. The van der Waals surface area contributed by atoms with Crippen LogP contribution in [-0.2, 0) is 16.6 Å². The molecule has 2 rings (SSSR count). The van der Waals surface area contributed by atoms with Gasteiger partial charge >= 0.3 is 0 Å². The summed E-state index contributed by atoms with van der Waals surface area (Å²) in [5.74, 6) is -0.670. The summed E-state index contributed by atoms with van der Waals surface area (Å²) >= 11 is 1.34. The zero-order valence-corrected chi connectivity index (χ0v) is 11.9. The molecule has 0 saturated carbocycles. The number of sulfonamides is 1. The number of hydrogen-bond acceptors (Lipinski definition) is 6. The zero-order valence-electron chi connectivity index (χ0n) is 10.2. The zero-order chi connectivity index (χ0) is 14.8. The average molecular weight is 312 g/mol. The third kappa shape index (κ3) is 3.13. The molecule has 1 amide bonds. The number of primary amides is 1. The van der Waals surface area contributed by atoms with Crippen LogP contribution in [0.2, 0.25) is 0 Å². The number of benzene rings is 1. The van der Waals surface area contributed by atoms with E-state index in [4.69, 9.17) is 11.5 Å². The smallest absolute Gasteiger partial charge is 0.248 e. The van der Waals surface area contributed by atoms with E-state index in [1.807, 2.05) is 0 Å². The van der Waals surface area contributed by atoms with Crippen molar-refractivity contribution in [3.05, 3.63) is 40.3 Å². The van der Waals surface area contributed by atoms with Crippen molar-refractivity contribution in [2.75, 3.05) is 5.73 Å². The number of anilines is 1. The van der Waals surface area contributed by atoms with Gasteiger partial charge in [0.25, 0.3) is 0 Å². The van der Waals surface area contributed by atoms with E-state index < -0.39 is 15.9 Å². The lowest BCUT2D eigenvalue weighted by atomic mass is 10.2. The van der Waals surface area contributed by atoms with Gasteiger partial charge in [0.2, 0.25) is 15.9 Å². The van der Waals surface area contributed by atoms with Crippen molar-refractivity contribution in [3.63, 3.8) is 0 Å². The molecular formula is C11H12N4O3S2. The molecule has 1 aromatic heterocycles. The predicted molar refractivity (Wildman–Crippen MR) is 75.5 cm³/mol. The largest absolute Gasteiger partial charge is 0.398 e. The Kier molecular flexibility index (Phi) is 4.02. The third-order valence-corrected chi connectivity index (χ3v) is 4.74. The fourth-order valence-electron chi connectivity index (χ4n) is 1.52. The van der Waals surface area contributed by atoms with E-state index >= 15 is 0 Å². The van der Waals surface area contributed by atoms with Crippen LogP contribution in [0.15, 0.2) is 34.7 Å². The van der Waals surface area contributed by atoms with Crippen LogP contribution in [0.3, 0.4) is 0 Å². The van der Waals surface area contributed by atoms with Crippen LogP contribution < -0.4 is 16.2 Å². The Hall–Kier alpha value is -1.97. The second kappa shape index (κ2) is 5.57. The van der Waals surface area contributed by atoms with Crippen LogP contribution in [0.1, 0.15) is 15.4 Å². The number of thiazole rings is 1. The standard InChI is InChI=1S/C11H12N4O3S2/c12-8-5-7(11(13)16)1-2-9(8)20(17,18)15-6-10-14-3-4-19-10/h1-5,15H,6,12H2,(H2,13,16). The van der Waals surface area contributed by atoms with E-state index in [1.54, 1.807) is 11.6 Å². The molecule has 0 radical (unpaired) electrons. The number of nitrogen functional groups attached to an aromatic ring is 1. The molecule has 1 aromatic carbocycles. The number of carbonyl (C=O) groups is 1. The topological polar surface area (TPSA) is 128 Å². The molecule has 0 aliphatic rings. The van der Waals surface area contributed by atoms with E-state index in [0.29, 0.717) is 5.01 Å². The molecule has 7 nitrogen and oxygen atoms in total.